The van der Waals surface area contributed by atoms with Gasteiger partial charge in [0.25, 0.3) is 0 Å². The molecule has 0 radical (unpaired) electrons. The summed E-state index contributed by atoms with van der Waals surface area (Å²) < 4.78 is 5.78. The third-order valence-electron chi connectivity index (χ3n) is 3.86. The van der Waals surface area contributed by atoms with Gasteiger partial charge in [-0.3, -0.25) is 5.10 Å². The fourth-order valence-corrected chi connectivity index (χ4v) is 2.33. The van der Waals surface area contributed by atoms with E-state index in [-0.39, 0.29) is 5.41 Å². The quantitative estimate of drug-likeness (QED) is 0.407. The van der Waals surface area contributed by atoms with Crippen LogP contribution in [-0.2, 0) is 18.4 Å². The van der Waals surface area contributed by atoms with Gasteiger partial charge >= 0.3 is 0 Å². The fraction of sp³-hybridized carbons (Fsp3) is 0.611. The second-order valence-electron chi connectivity index (χ2n) is 7.11. The van der Waals surface area contributed by atoms with Crippen molar-refractivity contribution in [3.63, 3.8) is 0 Å². The first-order valence-electron chi connectivity index (χ1n) is 8.86. The Morgan fingerprint density at radius 3 is 2.68 bits per heavy atom. The lowest BCUT2D eigenvalue weighted by atomic mass is 9.94. The summed E-state index contributed by atoms with van der Waals surface area (Å²) in [5.41, 5.74) is 2.36. The Morgan fingerprint density at radius 1 is 1.28 bits per heavy atom. The number of aromatic amines is 1. The molecule has 0 atom stereocenters. The summed E-state index contributed by atoms with van der Waals surface area (Å²) >= 11 is 0. The first-order chi connectivity index (χ1) is 11.9. The highest BCUT2D eigenvalue weighted by molar-refractivity contribution is 5.79. The van der Waals surface area contributed by atoms with E-state index in [4.69, 9.17) is 4.42 Å². The van der Waals surface area contributed by atoms with Crippen molar-refractivity contribution in [1.82, 2.24) is 25.8 Å². The van der Waals surface area contributed by atoms with Gasteiger partial charge in [-0.15, -0.1) is 0 Å². The van der Waals surface area contributed by atoms with E-state index in [0.29, 0.717) is 12.4 Å². The van der Waals surface area contributed by atoms with Crippen LogP contribution in [0.2, 0.25) is 0 Å². The molecule has 0 aliphatic heterocycles. The molecule has 2 heterocycles. The highest BCUT2D eigenvalue weighted by Gasteiger charge is 2.18. The molecule has 0 bridgehead atoms. The van der Waals surface area contributed by atoms with Crippen LogP contribution in [0.5, 0.6) is 0 Å². The molecule has 138 valence electrons. The summed E-state index contributed by atoms with van der Waals surface area (Å²) in [7, 11) is 0. The summed E-state index contributed by atoms with van der Waals surface area (Å²) in [5, 5.41) is 13.6. The number of aryl methyl sites for hydroxylation is 2. The van der Waals surface area contributed by atoms with Gasteiger partial charge in [-0.25, -0.2) is 9.98 Å². The van der Waals surface area contributed by atoms with E-state index in [1.807, 2.05) is 13.1 Å². The minimum atomic E-state index is -0.0388. The standard InChI is InChI=1S/C18H30N6O/c1-6-19-17(20-9-7-8-14-10-23-24-13(14)2)22-12-16-21-11-15(25-16)18(3,4)5/h10-11H,6-9,12H2,1-5H3,(H,23,24)(H2,19,20,22). The Morgan fingerprint density at radius 2 is 2.08 bits per heavy atom. The van der Waals surface area contributed by atoms with Gasteiger partial charge in [0, 0.05) is 24.2 Å². The highest BCUT2D eigenvalue weighted by atomic mass is 16.4. The summed E-state index contributed by atoms with van der Waals surface area (Å²) in [5.74, 6) is 2.30. The Kier molecular flexibility index (Phi) is 6.61. The van der Waals surface area contributed by atoms with E-state index in [1.54, 1.807) is 6.20 Å². The SMILES string of the molecule is CCNC(=NCc1ncc(C(C)(C)C)o1)NCCCc1cn[nH]c1C. The number of aromatic nitrogens is 3. The van der Waals surface area contributed by atoms with Crippen molar-refractivity contribution < 1.29 is 4.42 Å². The Hall–Kier alpha value is -2.31. The Bertz CT molecular complexity index is 680. The van der Waals surface area contributed by atoms with Gasteiger partial charge in [0.15, 0.2) is 5.96 Å². The largest absolute Gasteiger partial charge is 0.443 e. The monoisotopic (exact) mass is 346 g/mol. The summed E-state index contributed by atoms with van der Waals surface area (Å²) in [4.78, 5) is 8.87. The second kappa shape index (κ2) is 8.69. The van der Waals surface area contributed by atoms with Crippen LogP contribution < -0.4 is 10.6 Å². The summed E-state index contributed by atoms with van der Waals surface area (Å²) in [6.45, 7) is 12.5. The van der Waals surface area contributed by atoms with Gasteiger partial charge in [0.1, 0.15) is 12.3 Å². The Balaban J connectivity index is 1.83. The molecular weight excluding hydrogens is 316 g/mol. The summed E-state index contributed by atoms with van der Waals surface area (Å²) in [6, 6.07) is 0. The van der Waals surface area contributed by atoms with Crippen molar-refractivity contribution in [2.45, 2.75) is 59.4 Å². The van der Waals surface area contributed by atoms with Gasteiger partial charge in [-0.05, 0) is 32.3 Å². The number of aliphatic imine (C=N–C) groups is 1. The average molecular weight is 346 g/mol. The molecule has 0 spiro atoms. The molecule has 2 aromatic heterocycles. The lowest BCUT2D eigenvalue weighted by Gasteiger charge is -2.13. The van der Waals surface area contributed by atoms with Crippen molar-refractivity contribution in [2.75, 3.05) is 13.1 Å². The first kappa shape index (κ1) is 19.0. The highest BCUT2D eigenvalue weighted by Crippen LogP contribution is 2.22. The van der Waals surface area contributed by atoms with Gasteiger partial charge in [-0.2, -0.15) is 5.10 Å². The molecule has 0 saturated heterocycles. The van der Waals surface area contributed by atoms with Crippen LogP contribution in [0.1, 0.15) is 57.0 Å². The molecule has 0 aliphatic carbocycles. The lowest BCUT2D eigenvalue weighted by molar-refractivity contribution is 0.383. The predicted octanol–water partition coefficient (Wildman–Crippen LogP) is 2.69. The van der Waals surface area contributed by atoms with Crippen molar-refractivity contribution >= 4 is 5.96 Å². The maximum atomic E-state index is 5.78. The molecule has 25 heavy (non-hydrogen) atoms. The molecule has 0 unspecified atom stereocenters. The molecule has 2 aromatic rings. The van der Waals surface area contributed by atoms with Crippen molar-refractivity contribution in [3.05, 3.63) is 35.3 Å². The molecule has 0 aromatic carbocycles. The van der Waals surface area contributed by atoms with E-state index in [0.717, 1.165) is 43.3 Å². The predicted molar refractivity (Wildman–Crippen MR) is 99.7 cm³/mol. The van der Waals surface area contributed by atoms with Crippen LogP contribution in [0.15, 0.2) is 21.8 Å². The molecule has 7 heteroatoms. The Labute approximate surface area is 149 Å². The molecule has 0 saturated carbocycles. The maximum Gasteiger partial charge on any atom is 0.216 e. The molecule has 2 rings (SSSR count). The number of H-pyrrole nitrogens is 1. The second-order valence-corrected chi connectivity index (χ2v) is 7.11. The van der Waals surface area contributed by atoms with Crippen molar-refractivity contribution in [2.24, 2.45) is 4.99 Å². The molecule has 3 N–H and O–H groups in total. The number of rotatable bonds is 7. The molecule has 0 aliphatic rings. The van der Waals surface area contributed by atoms with Crippen LogP contribution in [0.25, 0.3) is 0 Å². The van der Waals surface area contributed by atoms with Crippen molar-refractivity contribution in [1.29, 1.82) is 0 Å². The zero-order chi connectivity index (χ0) is 18.3. The normalized spacial score (nSPS) is 12.4. The smallest absolute Gasteiger partial charge is 0.216 e. The van der Waals surface area contributed by atoms with E-state index in [1.165, 1.54) is 5.56 Å². The van der Waals surface area contributed by atoms with Gasteiger partial charge in [-0.1, -0.05) is 20.8 Å². The van der Waals surface area contributed by atoms with Gasteiger partial charge in [0.2, 0.25) is 5.89 Å². The van der Waals surface area contributed by atoms with E-state index in [2.05, 4.69) is 58.5 Å². The molecule has 0 amide bonds. The topological polar surface area (TPSA) is 91.1 Å². The van der Waals surface area contributed by atoms with Crippen molar-refractivity contribution in [3.8, 4) is 0 Å². The average Bonchev–Trinajstić information content (AvgIpc) is 3.18. The third kappa shape index (κ3) is 5.92. The van der Waals surface area contributed by atoms with Crippen LogP contribution >= 0.6 is 0 Å². The van der Waals surface area contributed by atoms with Crippen LogP contribution in [-0.4, -0.2) is 34.2 Å². The van der Waals surface area contributed by atoms with Gasteiger partial charge in [0.05, 0.1) is 12.4 Å². The van der Waals surface area contributed by atoms with Crippen LogP contribution in [0.4, 0.5) is 0 Å². The minimum absolute atomic E-state index is 0.0388. The lowest BCUT2D eigenvalue weighted by Crippen LogP contribution is -2.37. The van der Waals surface area contributed by atoms with E-state index >= 15 is 0 Å². The zero-order valence-corrected chi connectivity index (χ0v) is 15.9. The number of nitrogens with zero attached hydrogens (tertiary/aromatic N) is 3. The number of oxazole rings is 1. The first-order valence-corrected chi connectivity index (χ1v) is 8.86. The molecule has 7 nitrogen and oxygen atoms in total. The van der Waals surface area contributed by atoms with Crippen LogP contribution in [0, 0.1) is 6.92 Å². The minimum Gasteiger partial charge on any atom is -0.443 e. The van der Waals surface area contributed by atoms with Crippen LogP contribution in [0.3, 0.4) is 0 Å². The molecule has 0 fully saturated rings. The van der Waals surface area contributed by atoms with Gasteiger partial charge < -0.3 is 15.1 Å². The number of nitrogens with one attached hydrogen (secondary N) is 3. The van der Waals surface area contributed by atoms with E-state index < -0.39 is 0 Å². The maximum absolute atomic E-state index is 5.78. The molecular formula is C18H30N6O. The number of hydrogen-bond donors (Lipinski definition) is 3. The third-order valence-corrected chi connectivity index (χ3v) is 3.86. The number of hydrogen-bond acceptors (Lipinski definition) is 4. The zero-order valence-electron chi connectivity index (χ0n) is 15.9. The fourth-order valence-electron chi connectivity index (χ4n) is 2.33. The summed E-state index contributed by atoms with van der Waals surface area (Å²) in [6.07, 6.45) is 5.68. The van der Waals surface area contributed by atoms with E-state index in [9.17, 15) is 0 Å². The number of guanidine groups is 1.